The van der Waals surface area contributed by atoms with E-state index >= 15 is 0 Å². The molecule has 0 bridgehead atoms. The van der Waals surface area contributed by atoms with Crippen LogP contribution < -0.4 is 14.4 Å². The van der Waals surface area contributed by atoms with Gasteiger partial charge in [-0.05, 0) is 26.3 Å². The van der Waals surface area contributed by atoms with Gasteiger partial charge in [-0.2, -0.15) is 0 Å². The van der Waals surface area contributed by atoms with Gasteiger partial charge in [-0.25, -0.2) is 0 Å². The van der Waals surface area contributed by atoms with Crippen LogP contribution in [0.15, 0.2) is 12.1 Å². The van der Waals surface area contributed by atoms with Gasteiger partial charge in [0.15, 0.2) is 0 Å². The number of benzene rings is 1. The van der Waals surface area contributed by atoms with Crippen LogP contribution in [0.2, 0.25) is 0 Å². The number of fused-ring (bicyclic) bond motifs is 1. The lowest BCUT2D eigenvalue weighted by atomic mass is 10.0. The zero-order valence-electron chi connectivity index (χ0n) is 11.7. The van der Waals surface area contributed by atoms with E-state index in [-0.39, 0.29) is 11.5 Å². The molecule has 0 radical (unpaired) electrons. The first-order valence-corrected chi connectivity index (χ1v) is 6.70. The van der Waals surface area contributed by atoms with Gasteiger partial charge in [0, 0.05) is 31.0 Å². The van der Waals surface area contributed by atoms with Gasteiger partial charge in [0.1, 0.15) is 17.1 Å². The minimum atomic E-state index is -0.180. The van der Waals surface area contributed by atoms with Crippen LogP contribution in [0.5, 0.6) is 11.5 Å². The maximum Gasteiger partial charge on any atom is 0.227 e. The molecule has 2 heterocycles. The Morgan fingerprint density at radius 3 is 2.79 bits per heavy atom. The van der Waals surface area contributed by atoms with Crippen LogP contribution in [-0.2, 0) is 11.2 Å². The lowest BCUT2D eigenvalue weighted by Crippen LogP contribution is -2.24. The third-order valence-corrected chi connectivity index (χ3v) is 3.73. The quantitative estimate of drug-likeness (QED) is 0.821. The van der Waals surface area contributed by atoms with Crippen molar-refractivity contribution in [2.24, 2.45) is 0 Å². The van der Waals surface area contributed by atoms with Crippen molar-refractivity contribution in [3.8, 4) is 11.5 Å². The molecule has 2 aliphatic heterocycles. The fraction of sp³-hybridized carbons (Fsp3) is 0.533. The minimum Gasteiger partial charge on any atom is -0.494 e. The Labute approximate surface area is 113 Å². The van der Waals surface area contributed by atoms with Crippen molar-refractivity contribution in [1.29, 1.82) is 0 Å². The van der Waals surface area contributed by atoms with E-state index in [1.807, 2.05) is 17.0 Å². The number of methoxy groups -OCH3 is 1. The maximum atomic E-state index is 11.9. The summed E-state index contributed by atoms with van der Waals surface area (Å²) in [5.74, 6) is 1.76. The van der Waals surface area contributed by atoms with E-state index in [0.717, 1.165) is 36.4 Å². The van der Waals surface area contributed by atoms with Gasteiger partial charge >= 0.3 is 0 Å². The molecule has 0 saturated carbocycles. The summed E-state index contributed by atoms with van der Waals surface area (Å²) in [7, 11) is 1.63. The smallest absolute Gasteiger partial charge is 0.227 e. The molecule has 0 unspecified atom stereocenters. The Morgan fingerprint density at radius 2 is 2.16 bits per heavy atom. The van der Waals surface area contributed by atoms with Gasteiger partial charge in [0.05, 0.1) is 12.8 Å². The highest BCUT2D eigenvalue weighted by molar-refractivity contribution is 5.97. The van der Waals surface area contributed by atoms with E-state index in [1.165, 1.54) is 0 Å². The molecule has 3 rings (SSSR count). The molecule has 4 heteroatoms. The van der Waals surface area contributed by atoms with Crippen molar-refractivity contribution in [3.63, 3.8) is 0 Å². The van der Waals surface area contributed by atoms with Crippen molar-refractivity contribution in [3.05, 3.63) is 17.7 Å². The molecule has 102 valence electrons. The number of carbonyl (C=O) groups is 1. The number of hydrogen-bond acceptors (Lipinski definition) is 3. The number of ether oxygens (including phenoxy) is 2. The molecule has 1 aromatic rings. The van der Waals surface area contributed by atoms with Gasteiger partial charge < -0.3 is 14.4 Å². The van der Waals surface area contributed by atoms with Crippen molar-refractivity contribution >= 4 is 11.6 Å². The number of hydrogen-bond donors (Lipinski definition) is 0. The van der Waals surface area contributed by atoms with Crippen LogP contribution in [0, 0.1) is 0 Å². The molecule has 1 saturated heterocycles. The molecule has 1 amide bonds. The number of anilines is 1. The molecule has 1 aromatic carbocycles. The second-order valence-corrected chi connectivity index (χ2v) is 5.82. The van der Waals surface area contributed by atoms with E-state index in [2.05, 4.69) is 13.8 Å². The fourth-order valence-electron chi connectivity index (χ4n) is 2.90. The van der Waals surface area contributed by atoms with Crippen molar-refractivity contribution in [1.82, 2.24) is 0 Å². The topological polar surface area (TPSA) is 38.8 Å². The zero-order chi connectivity index (χ0) is 13.6. The fourth-order valence-corrected chi connectivity index (χ4v) is 2.90. The summed E-state index contributed by atoms with van der Waals surface area (Å²) in [5.41, 5.74) is 1.85. The van der Waals surface area contributed by atoms with E-state index in [0.29, 0.717) is 12.2 Å². The van der Waals surface area contributed by atoms with Gasteiger partial charge in [0.2, 0.25) is 5.91 Å². The predicted molar refractivity (Wildman–Crippen MR) is 73.0 cm³/mol. The molecule has 0 aromatic heterocycles. The number of rotatable bonds is 2. The number of nitrogens with zero attached hydrogens (tertiary/aromatic N) is 1. The van der Waals surface area contributed by atoms with Crippen LogP contribution in [0.25, 0.3) is 0 Å². The zero-order valence-corrected chi connectivity index (χ0v) is 11.7. The van der Waals surface area contributed by atoms with Crippen LogP contribution >= 0.6 is 0 Å². The third-order valence-electron chi connectivity index (χ3n) is 3.73. The molecule has 0 N–H and O–H groups in total. The van der Waals surface area contributed by atoms with Gasteiger partial charge in [0.25, 0.3) is 0 Å². The normalized spacial score (nSPS) is 20.4. The van der Waals surface area contributed by atoms with E-state index in [4.69, 9.17) is 9.47 Å². The largest absolute Gasteiger partial charge is 0.494 e. The molecule has 2 aliphatic rings. The summed E-state index contributed by atoms with van der Waals surface area (Å²) in [6.07, 6.45) is 2.41. The first kappa shape index (κ1) is 12.3. The predicted octanol–water partition coefficient (Wildman–Crippen LogP) is 2.54. The van der Waals surface area contributed by atoms with Crippen LogP contribution in [0.3, 0.4) is 0 Å². The monoisotopic (exact) mass is 261 g/mol. The van der Waals surface area contributed by atoms with Crippen LogP contribution in [-0.4, -0.2) is 25.2 Å². The summed E-state index contributed by atoms with van der Waals surface area (Å²) in [6, 6.07) is 3.96. The molecular formula is C15H19NO3. The summed E-state index contributed by atoms with van der Waals surface area (Å²) in [6.45, 7) is 4.92. The van der Waals surface area contributed by atoms with Crippen LogP contribution in [0.4, 0.5) is 5.69 Å². The first-order chi connectivity index (χ1) is 9.00. The molecular weight excluding hydrogens is 242 g/mol. The van der Waals surface area contributed by atoms with E-state index in [9.17, 15) is 4.79 Å². The average molecular weight is 261 g/mol. The Morgan fingerprint density at radius 1 is 1.37 bits per heavy atom. The second kappa shape index (κ2) is 4.15. The SMILES string of the molecule is COc1cc2c(cc1N1CCCC1=O)CC(C)(C)O2. The Bertz CT molecular complexity index is 536. The lowest BCUT2D eigenvalue weighted by molar-refractivity contribution is -0.117. The molecule has 4 nitrogen and oxygen atoms in total. The highest BCUT2D eigenvalue weighted by Crippen LogP contribution is 2.43. The lowest BCUT2D eigenvalue weighted by Gasteiger charge is -2.20. The number of amides is 1. The van der Waals surface area contributed by atoms with Gasteiger partial charge in [-0.1, -0.05) is 0 Å². The van der Waals surface area contributed by atoms with Crippen molar-refractivity contribution in [2.45, 2.75) is 38.7 Å². The van der Waals surface area contributed by atoms with Gasteiger partial charge in [-0.15, -0.1) is 0 Å². The van der Waals surface area contributed by atoms with Crippen LogP contribution in [0.1, 0.15) is 32.3 Å². The van der Waals surface area contributed by atoms with Crippen molar-refractivity contribution in [2.75, 3.05) is 18.6 Å². The third kappa shape index (κ3) is 2.05. The number of carbonyl (C=O) groups excluding carboxylic acids is 1. The molecule has 19 heavy (non-hydrogen) atoms. The molecule has 1 fully saturated rings. The van der Waals surface area contributed by atoms with E-state index < -0.39 is 0 Å². The van der Waals surface area contributed by atoms with Crippen molar-refractivity contribution < 1.29 is 14.3 Å². The highest BCUT2D eigenvalue weighted by atomic mass is 16.5. The second-order valence-electron chi connectivity index (χ2n) is 5.82. The Kier molecular flexibility index (Phi) is 2.69. The maximum absolute atomic E-state index is 11.9. The highest BCUT2D eigenvalue weighted by Gasteiger charge is 2.33. The molecule has 0 aliphatic carbocycles. The summed E-state index contributed by atoms with van der Waals surface area (Å²) in [4.78, 5) is 13.7. The van der Waals surface area contributed by atoms with E-state index in [1.54, 1.807) is 7.11 Å². The summed E-state index contributed by atoms with van der Waals surface area (Å²) < 4.78 is 11.3. The molecule has 0 atom stereocenters. The summed E-state index contributed by atoms with van der Waals surface area (Å²) in [5, 5.41) is 0. The molecule has 0 spiro atoms. The Hall–Kier alpha value is -1.71. The first-order valence-electron chi connectivity index (χ1n) is 6.70. The minimum absolute atomic E-state index is 0.177. The standard InChI is InChI=1S/C15H19NO3/c1-15(2)9-10-7-11(16-6-4-5-14(16)17)13(18-3)8-12(10)19-15/h7-8H,4-6,9H2,1-3H3. The Balaban J connectivity index is 2.04. The average Bonchev–Trinajstić information content (AvgIpc) is 2.88. The van der Waals surface area contributed by atoms with Gasteiger partial charge in [-0.3, -0.25) is 4.79 Å². The summed E-state index contributed by atoms with van der Waals surface area (Å²) >= 11 is 0.